The maximum Gasteiger partial charge on any atom is 0.169 e. The lowest BCUT2D eigenvalue weighted by molar-refractivity contribution is 0.0977. The molecule has 0 unspecified atom stereocenters. The van der Waals surface area contributed by atoms with Crippen LogP contribution < -0.4 is 0 Å². The Balaban J connectivity index is 2.09. The highest BCUT2D eigenvalue weighted by Crippen LogP contribution is 2.14. The van der Waals surface area contributed by atoms with Gasteiger partial charge in [-0.05, 0) is 12.1 Å². The largest absolute Gasteiger partial charge is 0.338 e. The molecular weight excluding hydrogens is 238 g/mol. The Bertz CT molecular complexity index is 578. The molecule has 2 aromatic rings. The van der Waals surface area contributed by atoms with E-state index in [0.29, 0.717) is 6.42 Å². The summed E-state index contributed by atoms with van der Waals surface area (Å²) in [4.78, 5) is 15.8. The maximum absolute atomic E-state index is 13.4. The van der Waals surface area contributed by atoms with E-state index < -0.39 is 17.4 Å². The molecule has 1 heterocycles. The Hall–Kier alpha value is -2.04. The maximum atomic E-state index is 13.4. The second-order valence-electron chi connectivity index (χ2n) is 3.98. The van der Waals surface area contributed by atoms with Gasteiger partial charge in [-0.15, -0.1) is 0 Å². The van der Waals surface area contributed by atoms with Crippen LogP contribution in [0, 0.1) is 11.6 Å². The van der Waals surface area contributed by atoms with Gasteiger partial charge in [-0.1, -0.05) is 6.07 Å². The molecule has 0 atom stereocenters. The predicted molar refractivity (Wildman–Crippen MR) is 62.2 cm³/mol. The summed E-state index contributed by atoms with van der Waals surface area (Å²) < 4.78 is 28.1. The van der Waals surface area contributed by atoms with Crippen LogP contribution in [0.1, 0.15) is 22.6 Å². The van der Waals surface area contributed by atoms with Gasteiger partial charge in [0.15, 0.2) is 17.4 Å². The van der Waals surface area contributed by atoms with E-state index in [0.717, 1.165) is 11.9 Å². The van der Waals surface area contributed by atoms with Crippen molar-refractivity contribution in [3.63, 3.8) is 0 Å². The molecule has 0 aliphatic carbocycles. The molecule has 1 aromatic carbocycles. The molecule has 0 fully saturated rings. The number of hydrogen-bond acceptors (Lipinski definition) is 2. The van der Waals surface area contributed by atoms with Gasteiger partial charge in [-0.2, -0.15) is 0 Å². The highest BCUT2D eigenvalue weighted by Gasteiger charge is 2.15. The minimum absolute atomic E-state index is 0.102. The van der Waals surface area contributed by atoms with Crippen molar-refractivity contribution in [1.82, 2.24) is 9.55 Å². The summed E-state index contributed by atoms with van der Waals surface area (Å²) in [6.45, 7) is 0. The zero-order chi connectivity index (χ0) is 13.1. The molecule has 5 heteroatoms. The van der Waals surface area contributed by atoms with Gasteiger partial charge in [0.1, 0.15) is 5.82 Å². The fraction of sp³-hybridized carbons (Fsp3) is 0.231. The van der Waals surface area contributed by atoms with Crippen LogP contribution in [0.2, 0.25) is 0 Å². The monoisotopic (exact) mass is 250 g/mol. The van der Waals surface area contributed by atoms with E-state index in [1.165, 1.54) is 12.1 Å². The summed E-state index contributed by atoms with van der Waals surface area (Å²) >= 11 is 0. The van der Waals surface area contributed by atoms with Crippen LogP contribution in [-0.4, -0.2) is 15.3 Å². The summed E-state index contributed by atoms with van der Waals surface area (Å²) in [6.07, 6.45) is 3.90. The molecule has 3 nitrogen and oxygen atoms in total. The second-order valence-corrected chi connectivity index (χ2v) is 3.98. The first-order valence-electron chi connectivity index (χ1n) is 5.53. The molecule has 0 aliphatic rings. The highest BCUT2D eigenvalue weighted by atomic mass is 19.2. The van der Waals surface area contributed by atoms with Crippen molar-refractivity contribution in [2.24, 2.45) is 7.05 Å². The van der Waals surface area contributed by atoms with Crippen molar-refractivity contribution >= 4 is 5.78 Å². The zero-order valence-corrected chi connectivity index (χ0v) is 9.86. The van der Waals surface area contributed by atoms with E-state index in [4.69, 9.17) is 0 Å². The number of ketones is 1. The molecule has 0 bridgehead atoms. The first-order chi connectivity index (χ1) is 8.59. The van der Waals surface area contributed by atoms with Crippen LogP contribution in [0.3, 0.4) is 0 Å². The average Bonchev–Trinajstić information content (AvgIpc) is 2.75. The minimum atomic E-state index is -1.08. The third-order valence-electron chi connectivity index (χ3n) is 2.75. The van der Waals surface area contributed by atoms with Crippen molar-refractivity contribution in [3.05, 3.63) is 53.6 Å². The van der Waals surface area contributed by atoms with Crippen molar-refractivity contribution in [3.8, 4) is 0 Å². The lowest BCUT2D eigenvalue weighted by Crippen LogP contribution is -2.07. The molecule has 0 radical (unpaired) electrons. The molecule has 1 aromatic heterocycles. The lowest BCUT2D eigenvalue weighted by Gasteiger charge is -2.03. The molecule has 18 heavy (non-hydrogen) atoms. The van der Waals surface area contributed by atoms with Gasteiger partial charge in [-0.25, -0.2) is 13.8 Å². The van der Waals surface area contributed by atoms with Gasteiger partial charge in [0.25, 0.3) is 0 Å². The third kappa shape index (κ3) is 2.45. The van der Waals surface area contributed by atoms with Crippen molar-refractivity contribution in [2.45, 2.75) is 12.8 Å². The summed E-state index contributed by atoms with van der Waals surface area (Å²) in [5, 5.41) is 0. The molecule has 0 amide bonds. The molecule has 0 spiro atoms. The van der Waals surface area contributed by atoms with Gasteiger partial charge in [-0.3, -0.25) is 4.79 Å². The van der Waals surface area contributed by atoms with Gasteiger partial charge < -0.3 is 4.57 Å². The fourth-order valence-electron chi connectivity index (χ4n) is 1.72. The Morgan fingerprint density at radius 2 is 2.17 bits per heavy atom. The van der Waals surface area contributed by atoms with E-state index in [2.05, 4.69) is 4.98 Å². The molecule has 94 valence electrons. The number of nitrogens with zero attached hydrogens (tertiary/aromatic N) is 2. The first kappa shape index (κ1) is 12.4. The van der Waals surface area contributed by atoms with Crippen LogP contribution in [0.25, 0.3) is 0 Å². The number of hydrogen-bond donors (Lipinski definition) is 0. The van der Waals surface area contributed by atoms with Crippen molar-refractivity contribution < 1.29 is 13.6 Å². The summed E-state index contributed by atoms with van der Waals surface area (Å²) in [5.41, 5.74) is -0.204. The topological polar surface area (TPSA) is 34.9 Å². The Labute approximate surface area is 103 Å². The van der Waals surface area contributed by atoms with Crippen LogP contribution >= 0.6 is 0 Å². The number of benzene rings is 1. The number of aryl methyl sites for hydroxylation is 2. The minimum Gasteiger partial charge on any atom is -0.338 e. The highest BCUT2D eigenvalue weighted by molar-refractivity contribution is 5.96. The Morgan fingerprint density at radius 3 is 2.83 bits per heavy atom. The average molecular weight is 250 g/mol. The SMILES string of the molecule is Cn1ccnc1CCC(=O)c1cccc(F)c1F. The van der Waals surface area contributed by atoms with E-state index in [1.807, 2.05) is 7.05 Å². The van der Waals surface area contributed by atoms with Gasteiger partial charge in [0.2, 0.25) is 0 Å². The van der Waals surface area contributed by atoms with E-state index in [-0.39, 0.29) is 12.0 Å². The number of Topliss-reactive ketones (excluding diaryl/α,β-unsaturated/α-hetero) is 1. The van der Waals surface area contributed by atoms with Crippen LogP contribution in [0.4, 0.5) is 8.78 Å². The second kappa shape index (κ2) is 5.08. The predicted octanol–water partition coefficient (Wildman–Crippen LogP) is 2.51. The molecule has 0 saturated heterocycles. The number of halogens is 2. The molecule has 0 aliphatic heterocycles. The molecule has 0 saturated carbocycles. The van der Waals surface area contributed by atoms with Gasteiger partial charge in [0, 0.05) is 32.3 Å². The Kier molecular flexibility index (Phi) is 3.50. The normalized spacial score (nSPS) is 10.6. The number of carbonyl (C=O) groups excluding carboxylic acids is 1. The van der Waals surface area contributed by atoms with Crippen molar-refractivity contribution in [2.75, 3.05) is 0 Å². The number of imidazole rings is 1. The number of rotatable bonds is 4. The molecule has 0 N–H and O–H groups in total. The van der Waals surface area contributed by atoms with E-state index in [1.54, 1.807) is 17.0 Å². The third-order valence-corrected chi connectivity index (χ3v) is 2.75. The first-order valence-corrected chi connectivity index (χ1v) is 5.53. The van der Waals surface area contributed by atoms with Crippen LogP contribution in [0.15, 0.2) is 30.6 Å². The van der Waals surface area contributed by atoms with E-state index >= 15 is 0 Å². The Morgan fingerprint density at radius 1 is 1.39 bits per heavy atom. The summed E-state index contributed by atoms with van der Waals surface area (Å²) in [7, 11) is 1.82. The number of carbonyl (C=O) groups is 1. The van der Waals surface area contributed by atoms with Crippen molar-refractivity contribution in [1.29, 1.82) is 0 Å². The number of aromatic nitrogens is 2. The quantitative estimate of drug-likeness (QED) is 0.781. The zero-order valence-electron chi connectivity index (χ0n) is 9.86. The smallest absolute Gasteiger partial charge is 0.169 e. The summed E-state index contributed by atoms with van der Waals surface area (Å²) in [5.74, 6) is -1.77. The van der Waals surface area contributed by atoms with Crippen LogP contribution in [0.5, 0.6) is 0 Å². The fourth-order valence-corrected chi connectivity index (χ4v) is 1.72. The molecular formula is C13H12F2N2O. The lowest BCUT2D eigenvalue weighted by atomic mass is 10.1. The van der Waals surface area contributed by atoms with Crippen LogP contribution in [-0.2, 0) is 13.5 Å². The van der Waals surface area contributed by atoms with Gasteiger partial charge >= 0.3 is 0 Å². The van der Waals surface area contributed by atoms with Gasteiger partial charge in [0.05, 0.1) is 5.56 Å². The molecule has 2 rings (SSSR count). The summed E-state index contributed by atoms with van der Waals surface area (Å²) in [6, 6.07) is 3.61. The standard InChI is InChI=1S/C13H12F2N2O/c1-17-8-7-16-12(17)6-5-11(18)9-3-2-4-10(14)13(9)15/h2-4,7-8H,5-6H2,1H3. The van der Waals surface area contributed by atoms with E-state index in [9.17, 15) is 13.6 Å².